The quantitative estimate of drug-likeness (QED) is 0.306. The van der Waals surface area contributed by atoms with E-state index in [0.717, 1.165) is 10.8 Å². The van der Waals surface area contributed by atoms with E-state index in [4.69, 9.17) is 16.3 Å². The summed E-state index contributed by atoms with van der Waals surface area (Å²) in [5.74, 6) is 0.558. The zero-order valence-electron chi connectivity index (χ0n) is 20.7. The van der Waals surface area contributed by atoms with Crippen molar-refractivity contribution in [2.45, 2.75) is 41.5 Å². The number of amides is 1. The average Bonchev–Trinajstić information content (AvgIpc) is 2.90. The Morgan fingerprint density at radius 1 is 0.765 bits per heavy atom. The third-order valence-electron chi connectivity index (χ3n) is 4.31. The maximum atomic E-state index is 12.6. The molecule has 1 amide bonds. The molecule has 0 radical (unpaired) electrons. The summed E-state index contributed by atoms with van der Waals surface area (Å²) in [5.41, 5.74) is 0.576. The van der Waals surface area contributed by atoms with E-state index in [0.29, 0.717) is 22.2 Å². The molecule has 34 heavy (non-hydrogen) atoms. The van der Waals surface area contributed by atoms with E-state index in [-0.39, 0.29) is 11.3 Å². The maximum Gasteiger partial charge on any atom is 0.259 e. The Hall–Kier alpha value is -3.50. The van der Waals surface area contributed by atoms with Crippen LogP contribution in [0.1, 0.15) is 51.9 Å². The predicted octanol–water partition coefficient (Wildman–Crippen LogP) is 9.32. The molecule has 0 aromatic heterocycles. The number of halogens is 1. The summed E-state index contributed by atoms with van der Waals surface area (Å²) in [4.78, 5) is 12.6. The van der Waals surface area contributed by atoms with Crippen LogP contribution in [0.15, 0.2) is 84.9 Å². The fourth-order valence-electron chi connectivity index (χ4n) is 2.94. The molecular formula is C29H34ClNO3. The number of para-hydroxylation sites is 2. The molecular weight excluding hydrogens is 446 g/mol. The van der Waals surface area contributed by atoms with Gasteiger partial charge < -0.3 is 15.2 Å². The number of ether oxygens (including phenoxy) is 1. The van der Waals surface area contributed by atoms with Gasteiger partial charge in [0.1, 0.15) is 11.5 Å². The third kappa shape index (κ3) is 7.53. The second-order valence-corrected chi connectivity index (χ2v) is 6.63. The van der Waals surface area contributed by atoms with Crippen LogP contribution in [0.2, 0.25) is 5.02 Å². The summed E-state index contributed by atoms with van der Waals surface area (Å²) in [7, 11) is 0. The van der Waals surface area contributed by atoms with Gasteiger partial charge in [-0.25, -0.2) is 0 Å². The zero-order chi connectivity index (χ0) is 25.5. The van der Waals surface area contributed by atoms with Gasteiger partial charge in [0.25, 0.3) is 5.91 Å². The van der Waals surface area contributed by atoms with Crippen LogP contribution in [-0.4, -0.2) is 11.0 Å². The first-order chi connectivity index (χ1) is 16.6. The Morgan fingerprint density at radius 3 is 2.09 bits per heavy atom. The monoisotopic (exact) mass is 479 g/mol. The largest absolute Gasteiger partial charge is 0.507 e. The minimum atomic E-state index is -0.478. The van der Waals surface area contributed by atoms with Crippen molar-refractivity contribution in [3.05, 3.63) is 95.5 Å². The summed E-state index contributed by atoms with van der Waals surface area (Å²) in [6.45, 7) is 12.0. The Balaban J connectivity index is 0.000000894. The molecule has 0 aliphatic rings. The van der Waals surface area contributed by atoms with Gasteiger partial charge in [0.15, 0.2) is 5.75 Å². The number of anilines is 1. The number of carbonyl (C=O) groups is 1. The average molecular weight is 480 g/mol. The van der Waals surface area contributed by atoms with E-state index >= 15 is 0 Å². The number of benzene rings is 4. The number of rotatable bonds is 4. The van der Waals surface area contributed by atoms with Crippen molar-refractivity contribution < 1.29 is 14.6 Å². The van der Waals surface area contributed by atoms with Crippen LogP contribution in [0.25, 0.3) is 10.8 Å². The number of phenols is 1. The molecule has 0 bridgehead atoms. The fourth-order valence-corrected chi connectivity index (χ4v) is 3.11. The molecule has 0 fully saturated rings. The first-order valence-electron chi connectivity index (χ1n) is 11.7. The van der Waals surface area contributed by atoms with E-state index in [1.165, 1.54) is 18.2 Å². The second-order valence-electron chi connectivity index (χ2n) is 6.19. The van der Waals surface area contributed by atoms with E-state index in [9.17, 15) is 9.90 Å². The lowest BCUT2D eigenvalue weighted by Gasteiger charge is -2.14. The Labute approximate surface area is 208 Å². The summed E-state index contributed by atoms with van der Waals surface area (Å²) in [6.07, 6.45) is 0. The van der Waals surface area contributed by atoms with E-state index in [1.807, 2.05) is 90.1 Å². The van der Waals surface area contributed by atoms with Crippen LogP contribution in [0.3, 0.4) is 0 Å². The van der Waals surface area contributed by atoms with Crippen molar-refractivity contribution in [3.63, 3.8) is 0 Å². The fraction of sp³-hybridized carbons (Fsp3) is 0.207. The Morgan fingerprint density at radius 2 is 1.35 bits per heavy atom. The first-order valence-corrected chi connectivity index (χ1v) is 12.0. The SMILES string of the molecule is CC.CC.CC.O=C(Nc1ccccc1Oc1cccc2ccccc12)c1cc(Cl)ccc1O. The summed E-state index contributed by atoms with van der Waals surface area (Å²) >= 11 is 5.94. The Kier molecular flexibility index (Phi) is 12.9. The highest BCUT2D eigenvalue weighted by atomic mass is 35.5. The number of carbonyl (C=O) groups excluding carboxylic acids is 1. The van der Waals surface area contributed by atoms with Crippen molar-refractivity contribution in [1.29, 1.82) is 0 Å². The van der Waals surface area contributed by atoms with Gasteiger partial charge in [-0.2, -0.15) is 0 Å². The van der Waals surface area contributed by atoms with Gasteiger partial charge in [0.2, 0.25) is 0 Å². The molecule has 0 aliphatic carbocycles. The Bertz CT molecular complexity index is 1170. The molecule has 5 heteroatoms. The van der Waals surface area contributed by atoms with Crippen LogP contribution in [0, 0.1) is 0 Å². The van der Waals surface area contributed by atoms with Crippen LogP contribution < -0.4 is 10.1 Å². The van der Waals surface area contributed by atoms with Crippen molar-refractivity contribution in [2.75, 3.05) is 5.32 Å². The number of aromatic hydroxyl groups is 1. The molecule has 0 saturated heterocycles. The normalized spacial score (nSPS) is 9.26. The number of phenolic OH excluding ortho intramolecular Hbond substituents is 1. The number of hydrogen-bond acceptors (Lipinski definition) is 3. The molecule has 2 N–H and O–H groups in total. The topological polar surface area (TPSA) is 58.6 Å². The van der Waals surface area contributed by atoms with E-state index < -0.39 is 5.91 Å². The van der Waals surface area contributed by atoms with Crippen LogP contribution in [0.4, 0.5) is 5.69 Å². The molecule has 4 aromatic carbocycles. The smallest absolute Gasteiger partial charge is 0.259 e. The van der Waals surface area contributed by atoms with Gasteiger partial charge in [-0.05, 0) is 41.8 Å². The minimum absolute atomic E-state index is 0.0902. The van der Waals surface area contributed by atoms with Gasteiger partial charge in [-0.1, -0.05) is 102 Å². The van der Waals surface area contributed by atoms with Crippen molar-refractivity contribution in [1.82, 2.24) is 0 Å². The van der Waals surface area contributed by atoms with Crippen molar-refractivity contribution >= 4 is 34.0 Å². The molecule has 180 valence electrons. The summed E-state index contributed by atoms with van der Waals surface area (Å²) in [5, 5.41) is 15.1. The van der Waals surface area contributed by atoms with Gasteiger partial charge in [0, 0.05) is 10.4 Å². The van der Waals surface area contributed by atoms with Gasteiger partial charge >= 0.3 is 0 Å². The first kappa shape index (κ1) is 28.5. The molecule has 0 saturated carbocycles. The van der Waals surface area contributed by atoms with Crippen LogP contribution in [0.5, 0.6) is 17.2 Å². The molecule has 0 heterocycles. The molecule has 0 atom stereocenters. The van der Waals surface area contributed by atoms with Crippen molar-refractivity contribution in [2.24, 2.45) is 0 Å². The highest BCUT2D eigenvalue weighted by Gasteiger charge is 2.15. The van der Waals surface area contributed by atoms with Crippen molar-refractivity contribution in [3.8, 4) is 17.2 Å². The maximum absolute atomic E-state index is 12.6. The summed E-state index contributed by atoms with van der Waals surface area (Å²) in [6, 6.07) is 25.2. The highest BCUT2D eigenvalue weighted by Crippen LogP contribution is 2.34. The molecule has 0 aliphatic heterocycles. The molecule has 0 unspecified atom stereocenters. The zero-order valence-corrected chi connectivity index (χ0v) is 21.5. The molecule has 4 rings (SSSR count). The van der Waals surface area contributed by atoms with Crippen LogP contribution in [-0.2, 0) is 0 Å². The molecule has 4 nitrogen and oxygen atoms in total. The van der Waals surface area contributed by atoms with E-state index in [1.54, 1.807) is 18.2 Å². The molecule has 0 spiro atoms. The van der Waals surface area contributed by atoms with E-state index in [2.05, 4.69) is 5.32 Å². The number of nitrogens with one attached hydrogen (secondary N) is 1. The van der Waals surface area contributed by atoms with Gasteiger partial charge in [-0.3, -0.25) is 4.79 Å². The highest BCUT2D eigenvalue weighted by molar-refractivity contribution is 6.31. The minimum Gasteiger partial charge on any atom is -0.507 e. The lowest BCUT2D eigenvalue weighted by molar-refractivity contribution is 0.102. The lowest BCUT2D eigenvalue weighted by Crippen LogP contribution is -2.12. The molecule has 4 aromatic rings. The van der Waals surface area contributed by atoms with Crippen LogP contribution >= 0.6 is 11.6 Å². The third-order valence-corrected chi connectivity index (χ3v) is 4.54. The number of fused-ring (bicyclic) bond motifs is 1. The number of hydrogen-bond donors (Lipinski definition) is 2. The summed E-state index contributed by atoms with van der Waals surface area (Å²) < 4.78 is 6.11. The lowest BCUT2D eigenvalue weighted by atomic mass is 10.1. The van der Waals surface area contributed by atoms with Gasteiger partial charge in [-0.15, -0.1) is 0 Å². The predicted molar refractivity (Wildman–Crippen MR) is 146 cm³/mol. The second kappa shape index (κ2) is 15.4. The van der Waals surface area contributed by atoms with Gasteiger partial charge in [0.05, 0.1) is 11.3 Å². The standard InChI is InChI=1S/C23H16ClNO3.3C2H6/c24-16-12-13-20(26)18(14-16)23(27)25-19-9-3-4-10-22(19)28-21-11-5-7-15-6-1-2-8-17(15)21;3*1-2/h1-14,26H,(H,25,27);3*1-2H3.